The summed E-state index contributed by atoms with van der Waals surface area (Å²) < 4.78 is 0. The standard InChI is InChI=1S/C11H21N3O2/c1-8(2)14(9-4-3-5-9)11(16)7-13-10(15)6-12/h8-9H,3-7,12H2,1-2H3,(H,13,15). The van der Waals surface area contributed by atoms with Gasteiger partial charge in [0.1, 0.15) is 0 Å². The fourth-order valence-electron chi connectivity index (χ4n) is 1.92. The normalized spacial score (nSPS) is 15.8. The third-order valence-electron chi connectivity index (χ3n) is 2.93. The quantitative estimate of drug-likeness (QED) is 0.686. The predicted molar refractivity (Wildman–Crippen MR) is 61.7 cm³/mol. The minimum atomic E-state index is -0.286. The van der Waals surface area contributed by atoms with E-state index in [1.54, 1.807) is 0 Å². The van der Waals surface area contributed by atoms with E-state index in [4.69, 9.17) is 5.73 Å². The minimum absolute atomic E-state index is 0.0125. The Kier molecular flexibility index (Phi) is 4.73. The number of carbonyl (C=O) groups excluding carboxylic acids is 2. The molecule has 92 valence electrons. The average Bonchev–Trinajstić information content (AvgIpc) is 2.18. The Bertz CT molecular complexity index is 262. The first-order valence-corrected chi connectivity index (χ1v) is 5.84. The van der Waals surface area contributed by atoms with Gasteiger partial charge < -0.3 is 16.0 Å². The van der Waals surface area contributed by atoms with Gasteiger partial charge in [-0.25, -0.2) is 0 Å². The highest BCUT2D eigenvalue weighted by Crippen LogP contribution is 2.26. The predicted octanol–water partition coefficient (Wildman–Crippen LogP) is -0.149. The second-order valence-corrected chi connectivity index (χ2v) is 4.46. The van der Waals surface area contributed by atoms with E-state index in [-0.39, 0.29) is 30.9 Å². The molecule has 0 aromatic rings. The summed E-state index contributed by atoms with van der Waals surface area (Å²) in [6.45, 7) is 3.99. The number of hydrogen-bond donors (Lipinski definition) is 2. The van der Waals surface area contributed by atoms with E-state index in [2.05, 4.69) is 5.32 Å². The van der Waals surface area contributed by atoms with E-state index in [0.29, 0.717) is 6.04 Å². The van der Waals surface area contributed by atoms with Gasteiger partial charge in [0.2, 0.25) is 11.8 Å². The van der Waals surface area contributed by atoms with Crippen molar-refractivity contribution in [3.8, 4) is 0 Å². The molecular formula is C11H21N3O2. The molecule has 1 aliphatic carbocycles. The van der Waals surface area contributed by atoms with E-state index in [0.717, 1.165) is 12.8 Å². The Morgan fingerprint density at radius 3 is 2.44 bits per heavy atom. The van der Waals surface area contributed by atoms with Crippen LogP contribution >= 0.6 is 0 Å². The van der Waals surface area contributed by atoms with Gasteiger partial charge >= 0.3 is 0 Å². The summed E-state index contributed by atoms with van der Waals surface area (Å²) in [6, 6.07) is 0.551. The molecule has 1 saturated carbocycles. The molecule has 5 heteroatoms. The lowest BCUT2D eigenvalue weighted by molar-refractivity contribution is -0.138. The summed E-state index contributed by atoms with van der Waals surface area (Å²) in [6.07, 6.45) is 3.35. The molecule has 0 atom stereocenters. The van der Waals surface area contributed by atoms with E-state index < -0.39 is 0 Å². The molecule has 1 aliphatic rings. The second-order valence-electron chi connectivity index (χ2n) is 4.46. The molecule has 0 saturated heterocycles. The van der Waals surface area contributed by atoms with Crippen LogP contribution in [0.3, 0.4) is 0 Å². The maximum Gasteiger partial charge on any atom is 0.242 e. The monoisotopic (exact) mass is 227 g/mol. The molecule has 0 aliphatic heterocycles. The maximum absolute atomic E-state index is 11.9. The Hall–Kier alpha value is -1.10. The van der Waals surface area contributed by atoms with Gasteiger partial charge in [-0.3, -0.25) is 9.59 Å². The third-order valence-corrected chi connectivity index (χ3v) is 2.93. The van der Waals surface area contributed by atoms with Crippen molar-refractivity contribution in [2.45, 2.75) is 45.2 Å². The van der Waals surface area contributed by atoms with Crippen LogP contribution in [-0.4, -0.2) is 41.9 Å². The topological polar surface area (TPSA) is 75.4 Å². The fraction of sp³-hybridized carbons (Fsp3) is 0.818. The zero-order valence-electron chi connectivity index (χ0n) is 10.0. The Labute approximate surface area is 96.4 Å². The van der Waals surface area contributed by atoms with Crippen molar-refractivity contribution in [1.82, 2.24) is 10.2 Å². The molecule has 0 spiro atoms. The van der Waals surface area contributed by atoms with Crippen molar-refractivity contribution >= 4 is 11.8 Å². The van der Waals surface area contributed by atoms with Crippen LogP contribution in [0.4, 0.5) is 0 Å². The van der Waals surface area contributed by atoms with Gasteiger partial charge in [0.25, 0.3) is 0 Å². The van der Waals surface area contributed by atoms with Crippen molar-refractivity contribution in [3.05, 3.63) is 0 Å². The van der Waals surface area contributed by atoms with E-state index in [9.17, 15) is 9.59 Å². The zero-order chi connectivity index (χ0) is 12.1. The first-order chi connectivity index (χ1) is 7.56. The van der Waals surface area contributed by atoms with E-state index in [1.165, 1.54) is 6.42 Å². The lowest BCUT2D eigenvalue weighted by atomic mass is 9.90. The highest BCUT2D eigenvalue weighted by molar-refractivity contribution is 5.85. The maximum atomic E-state index is 11.9. The molecule has 0 bridgehead atoms. The van der Waals surface area contributed by atoms with Gasteiger partial charge in [0.15, 0.2) is 0 Å². The molecule has 0 unspecified atom stereocenters. The summed E-state index contributed by atoms with van der Waals surface area (Å²) in [5, 5.41) is 2.52. The van der Waals surface area contributed by atoms with Crippen molar-refractivity contribution in [2.75, 3.05) is 13.1 Å². The van der Waals surface area contributed by atoms with Crippen LogP contribution in [0.25, 0.3) is 0 Å². The van der Waals surface area contributed by atoms with Gasteiger partial charge in [0, 0.05) is 12.1 Å². The summed E-state index contributed by atoms with van der Waals surface area (Å²) in [5.41, 5.74) is 5.15. The van der Waals surface area contributed by atoms with Gasteiger partial charge in [0.05, 0.1) is 13.1 Å². The second kappa shape index (κ2) is 5.84. The SMILES string of the molecule is CC(C)N(C(=O)CNC(=O)CN)C1CCC1. The Morgan fingerprint density at radius 2 is 2.06 bits per heavy atom. The number of nitrogens with zero attached hydrogens (tertiary/aromatic N) is 1. The van der Waals surface area contributed by atoms with Crippen molar-refractivity contribution in [3.63, 3.8) is 0 Å². The van der Waals surface area contributed by atoms with Gasteiger partial charge in [-0.05, 0) is 33.1 Å². The van der Waals surface area contributed by atoms with Gasteiger partial charge in [-0.1, -0.05) is 0 Å². The highest BCUT2D eigenvalue weighted by atomic mass is 16.2. The van der Waals surface area contributed by atoms with Crippen molar-refractivity contribution in [2.24, 2.45) is 5.73 Å². The Morgan fingerprint density at radius 1 is 1.44 bits per heavy atom. The minimum Gasteiger partial charge on any atom is -0.346 e. The number of rotatable bonds is 5. The molecule has 0 heterocycles. The number of nitrogens with two attached hydrogens (primary N) is 1. The number of nitrogens with one attached hydrogen (secondary N) is 1. The Balaban J connectivity index is 2.44. The number of amides is 2. The van der Waals surface area contributed by atoms with Crippen LogP contribution in [0.2, 0.25) is 0 Å². The zero-order valence-corrected chi connectivity index (χ0v) is 10.0. The summed E-state index contributed by atoms with van der Waals surface area (Å²) >= 11 is 0. The van der Waals surface area contributed by atoms with Gasteiger partial charge in [-0.15, -0.1) is 0 Å². The number of carbonyl (C=O) groups is 2. The molecule has 16 heavy (non-hydrogen) atoms. The lowest BCUT2D eigenvalue weighted by Crippen LogP contribution is -2.51. The first kappa shape index (κ1) is 13.0. The lowest BCUT2D eigenvalue weighted by Gasteiger charge is -2.40. The van der Waals surface area contributed by atoms with Crippen LogP contribution in [0.5, 0.6) is 0 Å². The summed E-state index contributed by atoms with van der Waals surface area (Å²) in [7, 11) is 0. The largest absolute Gasteiger partial charge is 0.346 e. The molecule has 0 aromatic heterocycles. The van der Waals surface area contributed by atoms with E-state index in [1.807, 2.05) is 18.7 Å². The van der Waals surface area contributed by atoms with Gasteiger partial charge in [-0.2, -0.15) is 0 Å². The highest BCUT2D eigenvalue weighted by Gasteiger charge is 2.30. The van der Waals surface area contributed by atoms with Crippen LogP contribution < -0.4 is 11.1 Å². The molecule has 1 rings (SSSR count). The average molecular weight is 227 g/mol. The molecule has 5 nitrogen and oxygen atoms in total. The molecule has 0 radical (unpaired) electrons. The molecule has 3 N–H and O–H groups in total. The summed E-state index contributed by atoms with van der Waals surface area (Å²) in [5.74, 6) is -0.299. The molecule has 2 amide bonds. The molecule has 0 aromatic carbocycles. The summed E-state index contributed by atoms with van der Waals surface area (Å²) in [4.78, 5) is 24.7. The third kappa shape index (κ3) is 3.20. The molecule has 1 fully saturated rings. The molecular weight excluding hydrogens is 206 g/mol. The van der Waals surface area contributed by atoms with E-state index >= 15 is 0 Å². The fourth-order valence-corrected chi connectivity index (χ4v) is 1.92. The van der Waals surface area contributed by atoms with Crippen LogP contribution in [0.15, 0.2) is 0 Å². The smallest absolute Gasteiger partial charge is 0.242 e. The number of hydrogen-bond acceptors (Lipinski definition) is 3. The van der Waals surface area contributed by atoms with Crippen LogP contribution in [0, 0.1) is 0 Å². The van der Waals surface area contributed by atoms with Crippen molar-refractivity contribution in [1.29, 1.82) is 0 Å². The first-order valence-electron chi connectivity index (χ1n) is 5.84. The van der Waals surface area contributed by atoms with Crippen LogP contribution in [0.1, 0.15) is 33.1 Å². The van der Waals surface area contributed by atoms with Crippen molar-refractivity contribution < 1.29 is 9.59 Å². The van der Waals surface area contributed by atoms with Crippen LogP contribution in [-0.2, 0) is 9.59 Å².